The number of aliphatic hydroxyl groups is 1. The summed E-state index contributed by atoms with van der Waals surface area (Å²) in [4.78, 5) is 0. The van der Waals surface area contributed by atoms with Crippen LogP contribution >= 0.6 is 11.8 Å². The van der Waals surface area contributed by atoms with Gasteiger partial charge in [-0.05, 0) is 18.6 Å². The molecule has 0 aromatic carbocycles. The van der Waals surface area contributed by atoms with Gasteiger partial charge in [-0.25, -0.2) is 0 Å². The second-order valence-electron chi connectivity index (χ2n) is 3.57. The summed E-state index contributed by atoms with van der Waals surface area (Å²) in [6, 6.07) is 0. The molecular weight excluding hydrogens is 188 g/mol. The van der Waals surface area contributed by atoms with E-state index in [2.05, 4.69) is 0 Å². The zero-order valence-corrected chi connectivity index (χ0v) is 8.46. The summed E-state index contributed by atoms with van der Waals surface area (Å²) in [7, 11) is 0. The van der Waals surface area contributed by atoms with Crippen molar-refractivity contribution >= 4 is 11.8 Å². The molecule has 2 aliphatic heterocycles. The minimum absolute atomic E-state index is 0.0623. The van der Waals surface area contributed by atoms with E-state index in [1.165, 1.54) is 18.6 Å². The summed E-state index contributed by atoms with van der Waals surface area (Å²) >= 11 is 2.02. The minimum atomic E-state index is -0.0867. The van der Waals surface area contributed by atoms with E-state index in [1.807, 2.05) is 11.8 Å². The summed E-state index contributed by atoms with van der Waals surface area (Å²) in [5.74, 6) is 1.28. The van der Waals surface area contributed by atoms with E-state index in [1.54, 1.807) is 0 Å². The van der Waals surface area contributed by atoms with Crippen LogP contribution in [0.5, 0.6) is 0 Å². The molecular formula is C9H16O3S. The summed E-state index contributed by atoms with van der Waals surface area (Å²) < 4.78 is 10.9. The molecule has 76 valence electrons. The largest absolute Gasteiger partial charge is 0.394 e. The Morgan fingerprint density at radius 3 is 3.00 bits per heavy atom. The van der Waals surface area contributed by atoms with Gasteiger partial charge in [0.05, 0.1) is 13.2 Å². The lowest BCUT2D eigenvalue weighted by atomic mass is 10.2. The van der Waals surface area contributed by atoms with Crippen LogP contribution < -0.4 is 0 Å². The molecule has 0 radical (unpaired) electrons. The SMILES string of the molecule is OCC1COC(CC2CCCS2)O1. The van der Waals surface area contributed by atoms with Crippen LogP contribution in [-0.2, 0) is 9.47 Å². The Kier molecular flexibility index (Phi) is 3.49. The Labute approximate surface area is 82.8 Å². The van der Waals surface area contributed by atoms with Crippen LogP contribution in [0.25, 0.3) is 0 Å². The van der Waals surface area contributed by atoms with E-state index >= 15 is 0 Å². The fourth-order valence-electron chi connectivity index (χ4n) is 1.77. The molecule has 3 unspecified atom stereocenters. The standard InChI is InChI=1S/C9H16O3S/c10-5-7-6-11-9(12-7)4-8-2-1-3-13-8/h7-10H,1-6H2. The maximum atomic E-state index is 8.83. The fourth-order valence-corrected chi connectivity index (χ4v) is 3.07. The molecule has 1 N–H and O–H groups in total. The smallest absolute Gasteiger partial charge is 0.159 e. The van der Waals surface area contributed by atoms with E-state index < -0.39 is 0 Å². The first-order valence-corrected chi connectivity index (χ1v) is 5.93. The summed E-state index contributed by atoms with van der Waals surface area (Å²) in [6.45, 7) is 0.632. The number of hydrogen-bond acceptors (Lipinski definition) is 4. The van der Waals surface area contributed by atoms with Crippen LogP contribution in [0, 0.1) is 0 Å². The lowest BCUT2D eigenvalue weighted by Crippen LogP contribution is -2.18. The van der Waals surface area contributed by atoms with Crippen molar-refractivity contribution in [1.29, 1.82) is 0 Å². The molecule has 0 saturated carbocycles. The lowest BCUT2D eigenvalue weighted by molar-refractivity contribution is -0.0689. The van der Waals surface area contributed by atoms with Crippen LogP contribution in [0.1, 0.15) is 19.3 Å². The van der Waals surface area contributed by atoms with Gasteiger partial charge < -0.3 is 14.6 Å². The Morgan fingerprint density at radius 1 is 1.46 bits per heavy atom. The highest BCUT2D eigenvalue weighted by atomic mass is 32.2. The quantitative estimate of drug-likeness (QED) is 0.744. The predicted molar refractivity (Wildman–Crippen MR) is 51.8 cm³/mol. The summed E-state index contributed by atoms with van der Waals surface area (Å²) in [6.07, 6.45) is 3.45. The predicted octanol–water partition coefficient (Wildman–Crippen LogP) is 1.01. The van der Waals surface area contributed by atoms with Crippen LogP contribution in [-0.4, -0.2) is 41.7 Å². The number of ether oxygens (including phenoxy) is 2. The fraction of sp³-hybridized carbons (Fsp3) is 1.00. The average molecular weight is 204 g/mol. The molecule has 4 heteroatoms. The van der Waals surface area contributed by atoms with Gasteiger partial charge in [0, 0.05) is 11.7 Å². The maximum absolute atomic E-state index is 8.83. The average Bonchev–Trinajstić information content (AvgIpc) is 2.76. The highest BCUT2D eigenvalue weighted by molar-refractivity contribution is 8.00. The topological polar surface area (TPSA) is 38.7 Å². The van der Waals surface area contributed by atoms with Gasteiger partial charge in [-0.2, -0.15) is 11.8 Å². The minimum Gasteiger partial charge on any atom is -0.394 e. The summed E-state index contributed by atoms with van der Waals surface area (Å²) in [5.41, 5.74) is 0. The molecule has 2 saturated heterocycles. The number of thioether (sulfide) groups is 1. The maximum Gasteiger partial charge on any atom is 0.159 e. The lowest BCUT2D eigenvalue weighted by Gasteiger charge is -2.14. The normalized spacial score (nSPS) is 39.9. The number of rotatable bonds is 3. The molecule has 0 bridgehead atoms. The first-order chi connectivity index (χ1) is 6.38. The zero-order valence-electron chi connectivity index (χ0n) is 7.65. The molecule has 2 fully saturated rings. The Balaban J connectivity index is 1.70. The molecule has 0 amide bonds. The zero-order chi connectivity index (χ0) is 9.10. The van der Waals surface area contributed by atoms with Crippen LogP contribution in [0.4, 0.5) is 0 Å². The highest BCUT2D eigenvalue weighted by Gasteiger charge is 2.29. The van der Waals surface area contributed by atoms with Crippen molar-refractivity contribution in [3.05, 3.63) is 0 Å². The van der Waals surface area contributed by atoms with Crippen molar-refractivity contribution in [2.24, 2.45) is 0 Å². The number of hydrogen-bond donors (Lipinski definition) is 1. The van der Waals surface area contributed by atoms with Gasteiger partial charge in [0.2, 0.25) is 0 Å². The van der Waals surface area contributed by atoms with Gasteiger partial charge in [0.15, 0.2) is 6.29 Å². The van der Waals surface area contributed by atoms with Crippen molar-refractivity contribution in [3.63, 3.8) is 0 Å². The molecule has 2 heterocycles. The first-order valence-electron chi connectivity index (χ1n) is 4.88. The molecule has 0 aromatic heterocycles. The van der Waals surface area contributed by atoms with Gasteiger partial charge >= 0.3 is 0 Å². The van der Waals surface area contributed by atoms with E-state index in [0.29, 0.717) is 11.9 Å². The van der Waals surface area contributed by atoms with Crippen molar-refractivity contribution in [2.75, 3.05) is 19.0 Å². The third-order valence-corrected chi connectivity index (χ3v) is 3.92. The molecule has 0 aliphatic carbocycles. The Hall–Kier alpha value is 0.230. The van der Waals surface area contributed by atoms with Crippen molar-refractivity contribution in [1.82, 2.24) is 0 Å². The van der Waals surface area contributed by atoms with Crippen LogP contribution in [0.2, 0.25) is 0 Å². The van der Waals surface area contributed by atoms with Gasteiger partial charge in [-0.1, -0.05) is 0 Å². The van der Waals surface area contributed by atoms with Crippen molar-refractivity contribution < 1.29 is 14.6 Å². The molecule has 3 nitrogen and oxygen atoms in total. The third kappa shape index (κ3) is 2.59. The van der Waals surface area contributed by atoms with Crippen LogP contribution in [0.15, 0.2) is 0 Å². The molecule has 0 aromatic rings. The first kappa shape index (κ1) is 9.77. The molecule has 2 rings (SSSR count). The Morgan fingerprint density at radius 2 is 2.38 bits per heavy atom. The van der Waals surface area contributed by atoms with E-state index in [9.17, 15) is 0 Å². The second-order valence-corrected chi connectivity index (χ2v) is 4.98. The molecule has 2 aliphatic rings. The van der Waals surface area contributed by atoms with Crippen LogP contribution in [0.3, 0.4) is 0 Å². The van der Waals surface area contributed by atoms with Gasteiger partial charge in [-0.3, -0.25) is 0 Å². The van der Waals surface area contributed by atoms with Gasteiger partial charge in [0.1, 0.15) is 6.10 Å². The van der Waals surface area contributed by atoms with E-state index in [-0.39, 0.29) is 19.0 Å². The molecule has 3 atom stereocenters. The van der Waals surface area contributed by atoms with Crippen molar-refractivity contribution in [2.45, 2.75) is 36.9 Å². The number of aliphatic hydroxyl groups excluding tert-OH is 1. The second kappa shape index (κ2) is 4.64. The van der Waals surface area contributed by atoms with Gasteiger partial charge in [-0.15, -0.1) is 0 Å². The molecule has 13 heavy (non-hydrogen) atoms. The third-order valence-electron chi connectivity index (χ3n) is 2.50. The van der Waals surface area contributed by atoms with E-state index in [0.717, 1.165) is 6.42 Å². The van der Waals surface area contributed by atoms with Gasteiger partial charge in [0.25, 0.3) is 0 Å². The monoisotopic (exact) mass is 204 g/mol. The van der Waals surface area contributed by atoms with E-state index in [4.69, 9.17) is 14.6 Å². The summed E-state index contributed by atoms with van der Waals surface area (Å²) in [5, 5.41) is 9.55. The molecule has 0 spiro atoms. The van der Waals surface area contributed by atoms with Crippen molar-refractivity contribution in [3.8, 4) is 0 Å². The Bertz CT molecular complexity index is 159. The highest BCUT2D eigenvalue weighted by Crippen LogP contribution is 2.31.